The van der Waals surface area contributed by atoms with Gasteiger partial charge in [-0.2, -0.15) is 4.31 Å². The Morgan fingerprint density at radius 2 is 1.65 bits per heavy atom. The Morgan fingerprint density at radius 1 is 0.903 bits per heavy atom. The highest BCUT2D eigenvalue weighted by molar-refractivity contribution is 7.89. The minimum Gasteiger partial charge on any atom is -0.339 e. The number of likely N-dealkylation sites (tertiary alicyclic amines) is 1. The minimum atomic E-state index is -3.48. The van der Waals surface area contributed by atoms with E-state index in [2.05, 4.69) is 11.8 Å². The summed E-state index contributed by atoms with van der Waals surface area (Å²) in [6.45, 7) is 4.14. The maximum absolute atomic E-state index is 13.4. The number of carbonyl (C=O) groups is 1. The van der Waals surface area contributed by atoms with Crippen LogP contribution in [0.25, 0.3) is 0 Å². The van der Waals surface area contributed by atoms with Crippen molar-refractivity contribution in [1.29, 1.82) is 0 Å². The highest BCUT2D eigenvalue weighted by atomic mass is 32.2. The number of fused-ring (bicyclic) bond motifs is 2. The monoisotopic (exact) mass is 444 g/mol. The summed E-state index contributed by atoms with van der Waals surface area (Å²) in [5, 5.41) is 0. The molecule has 3 atom stereocenters. The van der Waals surface area contributed by atoms with E-state index in [9.17, 15) is 13.2 Å². The van der Waals surface area contributed by atoms with E-state index in [4.69, 9.17) is 0 Å². The molecule has 31 heavy (non-hydrogen) atoms. The molecule has 0 radical (unpaired) electrons. The van der Waals surface area contributed by atoms with Crippen LogP contribution in [0.2, 0.25) is 0 Å². The first-order valence-electron chi connectivity index (χ1n) is 12.4. The van der Waals surface area contributed by atoms with Crippen molar-refractivity contribution in [2.24, 2.45) is 17.8 Å². The molecule has 0 aromatic heterocycles. The average molecular weight is 445 g/mol. The predicted molar refractivity (Wildman–Crippen MR) is 121 cm³/mol. The zero-order chi connectivity index (χ0) is 21.6. The Morgan fingerprint density at radius 3 is 2.45 bits per heavy atom. The largest absolute Gasteiger partial charge is 0.339 e. The van der Waals surface area contributed by atoms with Gasteiger partial charge in [0.05, 0.1) is 4.90 Å². The Bertz CT molecular complexity index is 936. The van der Waals surface area contributed by atoms with Crippen LogP contribution in [0.4, 0.5) is 0 Å². The van der Waals surface area contributed by atoms with Gasteiger partial charge in [-0.3, -0.25) is 4.79 Å². The van der Waals surface area contributed by atoms with Crippen molar-refractivity contribution in [1.82, 2.24) is 9.21 Å². The van der Waals surface area contributed by atoms with Gasteiger partial charge in [-0.1, -0.05) is 25.8 Å². The third kappa shape index (κ3) is 3.95. The first-order chi connectivity index (χ1) is 14.9. The van der Waals surface area contributed by atoms with Crippen LogP contribution in [-0.2, 0) is 27.7 Å². The molecule has 5 nitrogen and oxygen atoms in total. The Kier molecular flexibility index (Phi) is 5.89. The Labute approximate surface area is 187 Å². The Hall–Kier alpha value is -1.40. The van der Waals surface area contributed by atoms with E-state index in [1.165, 1.54) is 30.4 Å². The molecule has 2 aliphatic heterocycles. The zero-order valence-electron chi connectivity index (χ0n) is 18.8. The fraction of sp³-hybridized carbons (Fsp3) is 0.720. The van der Waals surface area contributed by atoms with Crippen molar-refractivity contribution in [3.8, 4) is 0 Å². The van der Waals surface area contributed by atoms with Gasteiger partial charge in [0.1, 0.15) is 0 Å². The SMILES string of the molecule is C[C@@H]1CCN(C(=O)C2CCN(S(=O)(=O)c3ccc4c(c3)CCC4)CC2)[C@@H]2CCCC[C@@H]12. The molecule has 5 rings (SSSR count). The van der Waals surface area contributed by atoms with Crippen LogP contribution in [0, 0.1) is 17.8 Å². The van der Waals surface area contributed by atoms with Crippen LogP contribution < -0.4 is 0 Å². The number of nitrogens with zero attached hydrogens (tertiary/aromatic N) is 2. The van der Waals surface area contributed by atoms with Crippen molar-refractivity contribution < 1.29 is 13.2 Å². The van der Waals surface area contributed by atoms with Crippen molar-refractivity contribution in [2.75, 3.05) is 19.6 Å². The number of benzene rings is 1. The smallest absolute Gasteiger partial charge is 0.243 e. The lowest BCUT2D eigenvalue weighted by Gasteiger charge is -2.48. The molecule has 2 heterocycles. The number of carbonyl (C=O) groups excluding carboxylic acids is 1. The summed E-state index contributed by atoms with van der Waals surface area (Å²) < 4.78 is 28.0. The van der Waals surface area contributed by atoms with E-state index in [-0.39, 0.29) is 5.92 Å². The van der Waals surface area contributed by atoms with Crippen LogP contribution in [0.15, 0.2) is 23.1 Å². The average Bonchev–Trinajstić information content (AvgIpc) is 3.27. The molecule has 170 valence electrons. The summed E-state index contributed by atoms with van der Waals surface area (Å²) in [7, 11) is -3.48. The van der Waals surface area contributed by atoms with Crippen LogP contribution in [-0.4, -0.2) is 49.2 Å². The maximum atomic E-state index is 13.4. The van der Waals surface area contributed by atoms with Crippen molar-refractivity contribution in [2.45, 2.75) is 82.1 Å². The molecule has 6 heteroatoms. The zero-order valence-corrected chi connectivity index (χ0v) is 19.6. The van der Waals surface area contributed by atoms with Gasteiger partial charge in [0.15, 0.2) is 0 Å². The third-order valence-electron chi connectivity index (χ3n) is 8.53. The lowest BCUT2D eigenvalue weighted by molar-refractivity contribution is -0.144. The van der Waals surface area contributed by atoms with Crippen molar-refractivity contribution >= 4 is 15.9 Å². The highest BCUT2D eigenvalue weighted by Gasteiger charge is 2.42. The second-order valence-corrected chi connectivity index (χ2v) is 12.2. The first kappa shape index (κ1) is 21.4. The van der Waals surface area contributed by atoms with Crippen LogP contribution in [0.5, 0.6) is 0 Å². The van der Waals surface area contributed by atoms with Gasteiger partial charge in [-0.05, 0) is 86.5 Å². The van der Waals surface area contributed by atoms with Gasteiger partial charge in [0.2, 0.25) is 15.9 Å². The molecule has 1 aromatic rings. The van der Waals surface area contributed by atoms with Gasteiger partial charge in [0, 0.05) is 31.6 Å². The fourth-order valence-corrected chi connectivity index (χ4v) is 8.14. The second kappa shape index (κ2) is 8.51. The molecule has 1 saturated carbocycles. The summed E-state index contributed by atoms with van der Waals surface area (Å²) in [6.07, 6.45) is 10.5. The van der Waals surface area contributed by atoms with E-state index < -0.39 is 10.0 Å². The molecule has 0 unspecified atom stereocenters. The maximum Gasteiger partial charge on any atom is 0.243 e. The van der Waals surface area contributed by atoms with Gasteiger partial charge in [-0.25, -0.2) is 8.42 Å². The molecule has 4 aliphatic rings. The van der Waals surface area contributed by atoms with Gasteiger partial charge in [-0.15, -0.1) is 0 Å². The summed E-state index contributed by atoms with van der Waals surface area (Å²) in [5.41, 5.74) is 2.48. The summed E-state index contributed by atoms with van der Waals surface area (Å²) in [5.74, 6) is 1.64. The Balaban J connectivity index is 1.24. The molecule has 2 aliphatic carbocycles. The highest BCUT2D eigenvalue weighted by Crippen LogP contribution is 2.40. The minimum absolute atomic E-state index is 0.0255. The van der Waals surface area contributed by atoms with E-state index >= 15 is 0 Å². The third-order valence-corrected chi connectivity index (χ3v) is 10.4. The molecule has 0 bridgehead atoms. The number of amides is 1. The number of sulfonamides is 1. The summed E-state index contributed by atoms with van der Waals surface area (Å²) >= 11 is 0. The molecular weight excluding hydrogens is 408 g/mol. The number of hydrogen-bond acceptors (Lipinski definition) is 3. The normalized spacial score (nSPS) is 30.1. The molecule has 1 aromatic carbocycles. The topological polar surface area (TPSA) is 57.7 Å². The molecule has 3 fully saturated rings. The summed E-state index contributed by atoms with van der Waals surface area (Å²) in [4.78, 5) is 16.0. The lowest BCUT2D eigenvalue weighted by Crippen LogP contribution is -2.55. The molecule has 0 N–H and O–H groups in total. The van der Waals surface area contributed by atoms with Crippen LogP contribution in [0.1, 0.15) is 69.4 Å². The van der Waals surface area contributed by atoms with Crippen LogP contribution in [0.3, 0.4) is 0 Å². The fourth-order valence-electron chi connectivity index (χ4n) is 6.62. The first-order valence-corrected chi connectivity index (χ1v) is 13.8. The van der Waals surface area contributed by atoms with E-state index in [0.717, 1.165) is 38.6 Å². The summed E-state index contributed by atoms with van der Waals surface area (Å²) in [6, 6.07) is 6.06. The number of piperidine rings is 2. The predicted octanol–water partition coefficient (Wildman–Crippen LogP) is 4.00. The van der Waals surface area contributed by atoms with Crippen molar-refractivity contribution in [3.63, 3.8) is 0 Å². The van der Waals surface area contributed by atoms with Crippen molar-refractivity contribution in [3.05, 3.63) is 29.3 Å². The van der Waals surface area contributed by atoms with E-state index in [1.807, 2.05) is 12.1 Å². The van der Waals surface area contributed by atoms with E-state index in [1.54, 1.807) is 10.4 Å². The van der Waals surface area contributed by atoms with Gasteiger partial charge in [0.25, 0.3) is 0 Å². The molecular formula is C25H36N2O3S. The van der Waals surface area contributed by atoms with Crippen LogP contribution >= 0.6 is 0 Å². The standard InChI is InChI=1S/C25H36N2O3S/c1-18-11-16-27(24-8-3-2-7-23(18)24)25(28)20-12-14-26(15-13-20)31(29,30)22-10-9-19-5-4-6-21(19)17-22/h9-10,17-18,20,23-24H,2-8,11-16H2,1H3/t18-,23+,24-/m1/s1. The second-order valence-electron chi connectivity index (χ2n) is 10.3. The number of aryl methyl sites for hydroxylation is 2. The molecule has 0 spiro atoms. The molecule has 1 amide bonds. The van der Waals surface area contributed by atoms with Gasteiger partial charge < -0.3 is 4.90 Å². The number of hydrogen-bond donors (Lipinski definition) is 0. The van der Waals surface area contributed by atoms with E-state index in [0.29, 0.717) is 54.6 Å². The lowest BCUT2D eigenvalue weighted by atomic mass is 9.72. The number of rotatable bonds is 3. The van der Waals surface area contributed by atoms with Gasteiger partial charge >= 0.3 is 0 Å². The molecule has 2 saturated heterocycles. The quantitative estimate of drug-likeness (QED) is 0.708.